The van der Waals surface area contributed by atoms with E-state index >= 15 is 0 Å². The first-order valence-electron chi connectivity index (χ1n) is 3.61. The van der Waals surface area contributed by atoms with E-state index in [1.165, 1.54) is 0 Å². The van der Waals surface area contributed by atoms with E-state index in [0.29, 0.717) is 0 Å². The van der Waals surface area contributed by atoms with Gasteiger partial charge in [0.1, 0.15) is 0 Å². The molecule has 0 aliphatic rings. The Balaban J connectivity index is 4.31. The molecule has 60 valence electrons. The highest BCUT2D eigenvalue weighted by Gasteiger charge is 2.29. The molecular formula is C7H16N2O. The van der Waals surface area contributed by atoms with Crippen LogP contribution in [0, 0.1) is 0 Å². The van der Waals surface area contributed by atoms with Crippen molar-refractivity contribution in [3.8, 4) is 0 Å². The van der Waals surface area contributed by atoms with Crippen LogP contribution in [0.5, 0.6) is 0 Å². The lowest BCUT2D eigenvalue weighted by molar-refractivity contribution is -0.124. The fourth-order valence-electron chi connectivity index (χ4n) is 1.08. The molecule has 0 bridgehead atoms. The number of nitrogens with two attached hydrogens (primary N) is 1. The van der Waals surface area contributed by atoms with Crippen LogP contribution in [-0.2, 0) is 4.79 Å². The number of amides is 1. The van der Waals surface area contributed by atoms with Gasteiger partial charge in [-0.05, 0) is 19.9 Å². The maximum Gasteiger partial charge on any atom is 0.237 e. The minimum atomic E-state index is -0.486. The van der Waals surface area contributed by atoms with E-state index < -0.39 is 5.54 Å². The number of likely N-dealkylation sites (N-methyl/N-ethyl adjacent to an activating group) is 1. The summed E-state index contributed by atoms with van der Waals surface area (Å²) >= 11 is 0. The van der Waals surface area contributed by atoms with Gasteiger partial charge in [-0.25, -0.2) is 0 Å². The summed E-state index contributed by atoms with van der Waals surface area (Å²) in [5, 5.41) is 2.94. The van der Waals surface area contributed by atoms with Gasteiger partial charge >= 0.3 is 0 Å². The number of carbonyl (C=O) groups is 1. The summed E-state index contributed by atoms with van der Waals surface area (Å²) in [6.07, 6.45) is 1.49. The van der Waals surface area contributed by atoms with Crippen LogP contribution in [0.1, 0.15) is 26.7 Å². The van der Waals surface area contributed by atoms with Crippen LogP contribution in [0.15, 0.2) is 0 Å². The van der Waals surface area contributed by atoms with Crippen LogP contribution < -0.4 is 11.1 Å². The predicted octanol–water partition coefficient (Wildman–Crippen LogP) is 0.250. The van der Waals surface area contributed by atoms with Crippen molar-refractivity contribution >= 4 is 5.91 Å². The SMILES string of the molecule is CCC(CC)(NC)C(N)=O. The molecule has 0 rings (SSSR count). The van der Waals surface area contributed by atoms with Crippen molar-refractivity contribution in [3.05, 3.63) is 0 Å². The fourth-order valence-corrected chi connectivity index (χ4v) is 1.08. The van der Waals surface area contributed by atoms with Gasteiger partial charge in [0.25, 0.3) is 0 Å². The second-order valence-electron chi connectivity index (χ2n) is 2.40. The van der Waals surface area contributed by atoms with Gasteiger partial charge in [-0.3, -0.25) is 4.79 Å². The van der Waals surface area contributed by atoms with Crippen molar-refractivity contribution in [1.29, 1.82) is 0 Å². The normalized spacial score (nSPS) is 11.5. The van der Waals surface area contributed by atoms with E-state index in [-0.39, 0.29) is 5.91 Å². The Kier molecular flexibility index (Phi) is 3.36. The molecule has 1 amide bonds. The van der Waals surface area contributed by atoms with E-state index in [0.717, 1.165) is 12.8 Å². The minimum Gasteiger partial charge on any atom is -0.368 e. The lowest BCUT2D eigenvalue weighted by atomic mass is 9.92. The molecule has 0 aromatic carbocycles. The van der Waals surface area contributed by atoms with Gasteiger partial charge in [0, 0.05) is 0 Å². The second-order valence-corrected chi connectivity index (χ2v) is 2.40. The quantitative estimate of drug-likeness (QED) is 0.594. The van der Waals surface area contributed by atoms with E-state index in [1.54, 1.807) is 7.05 Å². The van der Waals surface area contributed by atoms with E-state index in [4.69, 9.17) is 5.73 Å². The molecule has 3 nitrogen and oxygen atoms in total. The van der Waals surface area contributed by atoms with Crippen LogP contribution in [0.25, 0.3) is 0 Å². The van der Waals surface area contributed by atoms with Gasteiger partial charge in [0.15, 0.2) is 0 Å². The molecule has 0 saturated heterocycles. The Labute approximate surface area is 62.0 Å². The third kappa shape index (κ3) is 1.48. The standard InChI is InChI=1S/C7H16N2O/c1-4-7(5-2,9-3)6(8)10/h9H,4-5H2,1-3H3,(H2,8,10). The van der Waals surface area contributed by atoms with Gasteiger partial charge < -0.3 is 11.1 Å². The average Bonchev–Trinajstić information content (AvgIpc) is 1.92. The smallest absolute Gasteiger partial charge is 0.237 e. The maximum atomic E-state index is 10.9. The Morgan fingerprint density at radius 2 is 1.90 bits per heavy atom. The van der Waals surface area contributed by atoms with Crippen LogP contribution in [0.2, 0.25) is 0 Å². The number of primary amides is 1. The third-order valence-electron chi connectivity index (χ3n) is 2.16. The number of hydrogen-bond acceptors (Lipinski definition) is 2. The van der Waals surface area contributed by atoms with Crippen molar-refractivity contribution in [3.63, 3.8) is 0 Å². The molecule has 0 aromatic rings. The maximum absolute atomic E-state index is 10.9. The highest BCUT2D eigenvalue weighted by Crippen LogP contribution is 2.12. The fraction of sp³-hybridized carbons (Fsp3) is 0.857. The molecule has 0 aromatic heterocycles. The van der Waals surface area contributed by atoms with Gasteiger partial charge in [0.05, 0.1) is 5.54 Å². The molecule has 0 fully saturated rings. The molecule has 0 unspecified atom stereocenters. The second kappa shape index (κ2) is 3.56. The van der Waals surface area contributed by atoms with Gasteiger partial charge in [0.2, 0.25) is 5.91 Å². The van der Waals surface area contributed by atoms with Gasteiger partial charge in [-0.1, -0.05) is 13.8 Å². The number of carbonyl (C=O) groups excluding carboxylic acids is 1. The molecule has 3 N–H and O–H groups in total. The van der Waals surface area contributed by atoms with E-state index in [2.05, 4.69) is 5.32 Å². The van der Waals surface area contributed by atoms with Crippen molar-refractivity contribution in [2.45, 2.75) is 32.2 Å². The van der Waals surface area contributed by atoms with Gasteiger partial charge in [-0.15, -0.1) is 0 Å². The highest BCUT2D eigenvalue weighted by molar-refractivity contribution is 5.84. The molecule has 0 atom stereocenters. The summed E-state index contributed by atoms with van der Waals surface area (Å²) in [7, 11) is 1.76. The first-order chi connectivity index (χ1) is 4.63. The van der Waals surface area contributed by atoms with Crippen molar-refractivity contribution in [2.75, 3.05) is 7.05 Å². The Morgan fingerprint density at radius 1 is 1.50 bits per heavy atom. The highest BCUT2D eigenvalue weighted by atomic mass is 16.1. The molecule has 0 aliphatic heterocycles. The summed E-state index contributed by atoms with van der Waals surface area (Å²) in [6.45, 7) is 3.90. The molecule has 0 aliphatic carbocycles. The Morgan fingerprint density at radius 3 is 1.90 bits per heavy atom. The van der Waals surface area contributed by atoms with E-state index in [1.807, 2.05) is 13.8 Å². The topological polar surface area (TPSA) is 55.1 Å². The predicted molar refractivity (Wildman–Crippen MR) is 41.6 cm³/mol. The van der Waals surface area contributed by atoms with E-state index in [9.17, 15) is 4.79 Å². The largest absolute Gasteiger partial charge is 0.368 e. The summed E-state index contributed by atoms with van der Waals surface area (Å²) < 4.78 is 0. The lowest BCUT2D eigenvalue weighted by Crippen LogP contribution is -2.52. The minimum absolute atomic E-state index is 0.264. The Hall–Kier alpha value is -0.570. The van der Waals surface area contributed by atoms with Gasteiger partial charge in [-0.2, -0.15) is 0 Å². The molecule has 0 saturated carbocycles. The zero-order valence-electron chi connectivity index (χ0n) is 6.90. The molecule has 0 heterocycles. The summed E-state index contributed by atoms with van der Waals surface area (Å²) in [5.41, 5.74) is 4.72. The third-order valence-corrected chi connectivity index (χ3v) is 2.16. The monoisotopic (exact) mass is 144 g/mol. The summed E-state index contributed by atoms with van der Waals surface area (Å²) in [6, 6.07) is 0. The first kappa shape index (κ1) is 9.43. The summed E-state index contributed by atoms with van der Waals surface area (Å²) in [4.78, 5) is 10.9. The van der Waals surface area contributed by atoms with Crippen molar-refractivity contribution in [1.82, 2.24) is 5.32 Å². The van der Waals surface area contributed by atoms with Crippen molar-refractivity contribution < 1.29 is 4.79 Å². The zero-order chi connectivity index (χ0) is 8.20. The average molecular weight is 144 g/mol. The number of hydrogen-bond donors (Lipinski definition) is 2. The molecule has 10 heavy (non-hydrogen) atoms. The van der Waals surface area contributed by atoms with Crippen LogP contribution in [-0.4, -0.2) is 18.5 Å². The lowest BCUT2D eigenvalue weighted by Gasteiger charge is -2.26. The zero-order valence-corrected chi connectivity index (χ0v) is 6.90. The Bertz CT molecular complexity index is 111. The summed E-state index contributed by atoms with van der Waals surface area (Å²) in [5.74, 6) is -0.264. The molecule has 3 heteroatoms. The van der Waals surface area contributed by atoms with Crippen LogP contribution >= 0.6 is 0 Å². The molecular weight excluding hydrogens is 128 g/mol. The number of rotatable bonds is 4. The van der Waals surface area contributed by atoms with Crippen LogP contribution in [0.3, 0.4) is 0 Å². The van der Waals surface area contributed by atoms with Crippen LogP contribution in [0.4, 0.5) is 0 Å². The first-order valence-corrected chi connectivity index (χ1v) is 3.61. The molecule has 0 spiro atoms. The van der Waals surface area contributed by atoms with Crippen molar-refractivity contribution in [2.24, 2.45) is 5.73 Å². The molecule has 0 radical (unpaired) electrons. The number of nitrogens with one attached hydrogen (secondary N) is 1.